The summed E-state index contributed by atoms with van der Waals surface area (Å²) in [7, 11) is 0. The van der Waals surface area contributed by atoms with E-state index in [9.17, 15) is 22.8 Å². The quantitative estimate of drug-likeness (QED) is 0.708. The van der Waals surface area contributed by atoms with Gasteiger partial charge in [0.25, 0.3) is 11.8 Å². The fraction of sp³-hybridized carbons (Fsp3) is 0.0909. The molecule has 0 N–H and O–H groups in total. The first-order valence-corrected chi connectivity index (χ1v) is 4.58. The molecule has 1 aromatic rings. The van der Waals surface area contributed by atoms with Crippen LogP contribution in [0.3, 0.4) is 0 Å². The minimum Gasteiger partial charge on any atom is -0.268 e. The summed E-state index contributed by atoms with van der Waals surface area (Å²) in [6.07, 6.45) is -3.56. The van der Waals surface area contributed by atoms with Crippen LogP contribution in [0.2, 0.25) is 0 Å². The molecule has 0 atom stereocenters. The Morgan fingerprint density at radius 3 is 2.24 bits per heavy atom. The second-order valence-corrected chi connectivity index (χ2v) is 3.42. The van der Waals surface area contributed by atoms with Crippen molar-refractivity contribution >= 4 is 11.8 Å². The van der Waals surface area contributed by atoms with Gasteiger partial charge in [0.05, 0.1) is 16.7 Å². The molecule has 0 saturated carbocycles. The van der Waals surface area contributed by atoms with Gasteiger partial charge in [-0.25, -0.2) is 4.90 Å². The van der Waals surface area contributed by atoms with Crippen molar-refractivity contribution in [1.82, 2.24) is 4.90 Å². The summed E-state index contributed by atoms with van der Waals surface area (Å²) < 4.78 is 37.3. The van der Waals surface area contributed by atoms with Gasteiger partial charge in [-0.1, -0.05) is 6.58 Å². The summed E-state index contributed by atoms with van der Waals surface area (Å²) >= 11 is 0. The number of alkyl halides is 3. The maximum absolute atomic E-state index is 12.4. The molecule has 0 unspecified atom stereocenters. The molecular weight excluding hydrogens is 235 g/mol. The number of amides is 2. The Labute approximate surface area is 94.1 Å². The van der Waals surface area contributed by atoms with E-state index in [1.807, 2.05) is 0 Å². The molecule has 1 aliphatic heterocycles. The fourth-order valence-corrected chi connectivity index (χ4v) is 1.60. The Morgan fingerprint density at radius 1 is 1.12 bits per heavy atom. The molecule has 0 aliphatic carbocycles. The van der Waals surface area contributed by atoms with E-state index in [1.54, 1.807) is 0 Å². The number of benzene rings is 1. The highest BCUT2D eigenvalue weighted by Gasteiger charge is 2.38. The minimum atomic E-state index is -4.54. The first-order chi connectivity index (χ1) is 7.86. The molecule has 3 nitrogen and oxygen atoms in total. The molecule has 2 rings (SSSR count). The van der Waals surface area contributed by atoms with E-state index in [-0.39, 0.29) is 11.1 Å². The Hall–Kier alpha value is -2.11. The van der Waals surface area contributed by atoms with Crippen LogP contribution in [0.15, 0.2) is 31.0 Å². The summed E-state index contributed by atoms with van der Waals surface area (Å²) in [6, 6.07) is 2.46. The van der Waals surface area contributed by atoms with Crippen molar-refractivity contribution in [2.24, 2.45) is 0 Å². The van der Waals surface area contributed by atoms with E-state index >= 15 is 0 Å². The molecule has 0 fully saturated rings. The van der Waals surface area contributed by atoms with E-state index in [2.05, 4.69) is 6.58 Å². The van der Waals surface area contributed by atoms with E-state index in [0.717, 1.165) is 18.3 Å². The van der Waals surface area contributed by atoms with E-state index in [1.165, 1.54) is 0 Å². The van der Waals surface area contributed by atoms with Gasteiger partial charge in [0.2, 0.25) is 0 Å². The van der Waals surface area contributed by atoms with Crippen LogP contribution in [0.1, 0.15) is 26.3 Å². The van der Waals surface area contributed by atoms with Crippen molar-refractivity contribution < 1.29 is 22.8 Å². The maximum atomic E-state index is 12.4. The number of carbonyl (C=O) groups is 2. The second-order valence-electron chi connectivity index (χ2n) is 3.42. The van der Waals surface area contributed by atoms with Gasteiger partial charge < -0.3 is 0 Å². The summed E-state index contributed by atoms with van der Waals surface area (Å²) in [6.45, 7) is 3.26. The zero-order valence-corrected chi connectivity index (χ0v) is 8.41. The number of fused-ring (bicyclic) bond motifs is 1. The van der Waals surface area contributed by atoms with Crippen molar-refractivity contribution in [2.45, 2.75) is 6.18 Å². The third-order valence-corrected chi connectivity index (χ3v) is 2.43. The van der Waals surface area contributed by atoms with Crippen LogP contribution in [0.25, 0.3) is 0 Å². The number of hydrogen-bond donors (Lipinski definition) is 0. The van der Waals surface area contributed by atoms with Gasteiger partial charge in [-0.2, -0.15) is 13.2 Å². The number of halogens is 3. The Balaban J connectivity index is 2.58. The highest BCUT2D eigenvalue weighted by molar-refractivity contribution is 6.22. The largest absolute Gasteiger partial charge is 0.416 e. The van der Waals surface area contributed by atoms with Gasteiger partial charge in [0, 0.05) is 6.20 Å². The Bertz CT molecular complexity index is 534. The molecule has 88 valence electrons. The molecule has 1 aromatic carbocycles. The SMILES string of the molecule is C=CN1C(=O)c2ccc(C(F)(F)F)cc2C1=O. The van der Waals surface area contributed by atoms with Crippen LogP contribution in [0.5, 0.6) is 0 Å². The topological polar surface area (TPSA) is 37.4 Å². The normalized spacial score (nSPS) is 15.1. The molecule has 0 radical (unpaired) electrons. The van der Waals surface area contributed by atoms with Gasteiger partial charge in [0.15, 0.2) is 0 Å². The van der Waals surface area contributed by atoms with Crippen LogP contribution in [-0.4, -0.2) is 16.7 Å². The number of nitrogens with zero attached hydrogens (tertiary/aromatic N) is 1. The third kappa shape index (κ3) is 1.61. The first kappa shape index (κ1) is 11.4. The second kappa shape index (κ2) is 3.44. The molecular formula is C11H6F3NO2. The fourth-order valence-electron chi connectivity index (χ4n) is 1.60. The van der Waals surface area contributed by atoms with Crippen LogP contribution < -0.4 is 0 Å². The van der Waals surface area contributed by atoms with Crippen molar-refractivity contribution in [3.8, 4) is 0 Å². The first-order valence-electron chi connectivity index (χ1n) is 4.58. The van der Waals surface area contributed by atoms with E-state index < -0.39 is 23.6 Å². The highest BCUT2D eigenvalue weighted by atomic mass is 19.4. The maximum Gasteiger partial charge on any atom is 0.416 e. The molecule has 1 aliphatic rings. The summed E-state index contributed by atoms with van der Waals surface area (Å²) in [5.74, 6) is -1.44. The molecule has 17 heavy (non-hydrogen) atoms. The average Bonchev–Trinajstić information content (AvgIpc) is 2.50. The van der Waals surface area contributed by atoms with Crippen LogP contribution in [0, 0.1) is 0 Å². The number of rotatable bonds is 1. The summed E-state index contributed by atoms with van der Waals surface area (Å²) in [5, 5.41) is 0. The van der Waals surface area contributed by atoms with E-state index in [4.69, 9.17) is 0 Å². The van der Waals surface area contributed by atoms with Crippen LogP contribution in [-0.2, 0) is 6.18 Å². The molecule has 0 spiro atoms. The minimum absolute atomic E-state index is 0.0390. The predicted molar refractivity (Wildman–Crippen MR) is 52.1 cm³/mol. The van der Waals surface area contributed by atoms with Gasteiger partial charge in [-0.05, 0) is 18.2 Å². The Kier molecular flexibility index (Phi) is 2.30. The van der Waals surface area contributed by atoms with Gasteiger partial charge in [-0.15, -0.1) is 0 Å². The molecule has 6 heteroatoms. The number of hydrogen-bond acceptors (Lipinski definition) is 2. The van der Waals surface area contributed by atoms with Crippen LogP contribution >= 0.6 is 0 Å². The van der Waals surface area contributed by atoms with Crippen molar-refractivity contribution in [2.75, 3.05) is 0 Å². The number of imide groups is 1. The van der Waals surface area contributed by atoms with Gasteiger partial charge in [-0.3, -0.25) is 9.59 Å². The predicted octanol–water partition coefficient (Wildman–Crippen LogP) is 2.44. The standard InChI is InChI=1S/C11H6F3NO2/c1-2-15-9(16)7-4-3-6(11(12,13)14)5-8(7)10(15)17/h2-5H,1H2. The summed E-state index contributed by atoms with van der Waals surface area (Å²) in [4.78, 5) is 23.8. The lowest BCUT2D eigenvalue weighted by atomic mass is 10.1. The lowest BCUT2D eigenvalue weighted by Gasteiger charge is -2.06. The van der Waals surface area contributed by atoms with Crippen molar-refractivity contribution in [3.63, 3.8) is 0 Å². The van der Waals surface area contributed by atoms with E-state index in [0.29, 0.717) is 11.0 Å². The number of carbonyl (C=O) groups excluding carboxylic acids is 2. The molecule has 0 saturated heterocycles. The molecule has 0 aromatic heterocycles. The smallest absolute Gasteiger partial charge is 0.268 e. The monoisotopic (exact) mass is 241 g/mol. The third-order valence-electron chi connectivity index (χ3n) is 2.43. The summed E-state index contributed by atoms with van der Waals surface area (Å²) in [5.41, 5.74) is -1.24. The van der Waals surface area contributed by atoms with Gasteiger partial charge in [0.1, 0.15) is 0 Å². The molecule has 1 heterocycles. The van der Waals surface area contributed by atoms with Crippen molar-refractivity contribution in [1.29, 1.82) is 0 Å². The Morgan fingerprint density at radius 2 is 1.71 bits per heavy atom. The van der Waals surface area contributed by atoms with Crippen LogP contribution in [0.4, 0.5) is 13.2 Å². The zero-order valence-electron chi connectivity index (χ0n) is 8.41. The van der Waals surface area contributed by atoms with Gasteiger partial charge >= 0.3 is 6.18 Å². The average molecular weight is 241 g/mol. The lowest BCUT2D eigenvalue weighted by molar-refractivity contribution is -0.137. The molecule has 0 bridgehead atoms. The lowest BCUT2D eigenvalue weighted by Crippen LogP contribution is -2.22. The highest BCUT2D eigenvalue weighted by Crippen LogP contribution is 2.33. The molecule has 2 amide bonds. The van der Waals surface area contributed by atoms with Crippen molar-refractivity contribution in [3.05, 3.63) is 47.7 Å². The zero-order chi connectivity index (χ0) is 12.8.